The third-order valence-electron chi connectivity index (χ3n) is 3.04. The summed E-state index contributed by atoms with van der Waals surface area (Å²) >= 11 is 0. The smallest absolute Gasteiger partial charge is 0.334 e. The van der Waals surface area contributed by atoms with E-state index in [1.165, 1.54) is 0 Å². The fourth-order valence-corrected chi connectivity index (χ4v) is 2.06. The van der Waals surface area contributed by atoms with Gasteiger partial charge in [0.05, 0.1) is 11.5 Å². The van der Waals surface area contributed by atoms with Crippen molar-refractivity contribution >= 4 is 5.97 Å². The quantitative estimate of drug-likeness (QED) is 0.662. The van der Waals surface area contributed by atoms with Gasteiger partial charge in [-0.2, -0.15) is 5.26 Å². The third kappa shape index (κ3) is 1.40. The van der Waals surface area contributed by atoms with Crippen molar-refractivity contribution in [3.63, 3.8) is 0 Å². The highest BCUT2D eigenvalue weighted by atomic mass is 16.4. The van der Waals surface area contributed by atoms with Gasteiger partial charge < -0.3 is 10.2 Å². The zero-order valence-electron chi connectivity index (χ0n) is 7.53. The first-order valence-corrected chi connectivity index (χ1v) is 4.36. The Balaban J connectivity index is 2.94. The molecule has 1 saturated carbocycles. The van der Waals surface area contributed by atoms with E-state index in [0.717, 1.165) is 12.8 Å². The molecule has 0 aliphatic heterocycles. The van der Waals surface area contributed by atoms with Crippen LogP contribution < -0.4 is 0 Å². The summed E-state index contributed by atoms with van der Waals surface area (Å²) in [4.78, 5) is 10.6. The highest BCUT2D eigenvalue weighted by Crippen LogP contribution is 2.45. The summed E-state index contributed by atoms with van der Waals surface area (Å²) in [5.41, 5.74) is -1.06. The predicted octanol–water partition coefficient (Wildman–Crippen LogP) is 0.762. The van der Waals surface area contributed by atoms with Gasteiger partial charge in [0, 0.05) is 0 Å². The molecule has 1 aliphatic rings. The van der Waals surface area contributed by atoms with Crippen LogP contribution in [0.3, 0.4) is 0 Å². The van der Waals surface area contributed by atoms with E-state index in [9.17, 15) is 9.90 Å². The predicted molar refractivity (Wildman–Crippen MR) is 44.7 cm³/mol. The molecule has 2 N–H and O–H groups in total. The Bertz CT molecular complexity index is 258. The number of aliphatic hydroxyl groups is 1. The standard InChI is InChI=1S/C9H13NO3/c1-6-3-2-4-9(6,5-10)7(11)8(12)13/h6-7,11H,2-4H2,1H3,(H,12,13). The highest BCUT2D eigenvalue weighted by molar-refractivity contribution is 5.74. The summed E-state index contributed by atoms with van der Waals surface area (Å²) < 4.78 is 0. The number of aliphatic carboxylic acids is 1. The maximum absolute atomic E-state index is 10.6. The molecule has 4 heteroatoms. The Morgan fingerprint density at radius 2 is 2.38 bits per heavy atom. The lowest BCUT2D eigenvalue weighted by molar-refractivity contribution is -0.153. The number of carboxylic acid groups (broad SMARTS) is 1. The van der Waals surface area contributed by atoms with Gasteiger partial charge in [-0.15, -0.1) is 0 Å². The van der Waals surface area contributed by atoms with Crippen LogP contribution in [-0.4, -0.2) is 22.3 Å². The lowest BCUT2D eigenvalue weighted by atomic mass is 9.75. The number of nitrogens with zero attached hydrogens (tertiary/aromatic N) is 1. The topological polar surface area (TPSA) is 81.3 Å². The van der Waals surface area contributed by atoms with Gasteiger partial charge in [0.2, 0.25) is 0 Å². The number of carbonyl (C=O) groups is 1. The van der Waals surface area contributed by atoms with Crippen LogP contribution in [-0.2, 0) is 4.79 Å². The molecule has 13 heavy (non-hydrogen) atoms. The van der Waals surface area contributed by atoms with Gasteiger partial charge in [-0.1, -0.05) is 13.3 Å². The summed E-state index contributed by atoms with van der Waals surface area (Å²) in [6.45, 7) is 1.82. The number of aliphatic hydroxyl groups excluding tert-OH is 1. The minimum absolute atomic E-state index is 0.0383. The third-order valence-corrected chi connectivity index (χ3v) is 3.04. The molecule has 3 atom stereocenters. The van der Waals surface area contributed by atoms with Crippen molar-refractivity contribution in [1.82, 2.24) is 0 Å². The maximum atomic E-state index is 10.6. The molecule has 0 aromatic rings. The molecular formula is C9H13NO3. The van der Waals surface area contributed by atoms with Crippen LogP contribution in [0.4, 0.5) is 0 Å². The van der Waals surface area contributed by atoms with E-state index in [-0.39, 0.29) is 5.92 Å². The first-order valence-electron chi connectivity index (χ1n) is 4.36. The Kier molecular flexibility index (Phi) is 2.58. The Labute approximate surface area is 76.8 Å². The second kappa shape index (κ2) is 3.35. The molecule has 0 radical (unpaired) electrons. The molecule has 3 unspecified atom stereocenters. The summed E-state index contributed by atoms with van der Waals surface area (Å²) in [6, 6.07) is 1.98. The Morgan fingerprint density at radius 1 is 1.77 bits per heavy atom. The summed E-state index contributed by atoms with van der Waals surface area (Å²) in [5.74, 6) is -1.33. The Morgan fingerprint density at radius 3 is 2.69 bits per heavy atom. The van der Waals surface area contributed by atoms with E-state index in [1.54, 1.807) is 0 Å². The van der Waals surface area contributed by atoms with Crippen molar-refractivity contribution in [2.75, 3.05) is 0 Å². The van der Waals surface area contributed by atoms with Crippen LogP contribution in [0.15, 0.2) is 0 Å². The van der Waals surface area contributed by atoms with Crippen molar-refractivity contribution < 1.29 is 15.0 Å². The molecule has 0 saturated heterocycles. The van der Waals surface area contributed by atoms with Crippen LogP contribution in [0.1, 0.15) is 26.2 Å². The molecule has 0 heterocycles. The second-order valence-electron chi connectivity index (χ2n) is 3.69. The fourth-order valence-electron chi connectivity index (χ4n) is 2.06. The molecule has 0 spiro atoms. The number of hydrogen-bond acceptors (Lipinski definition) is 3. The SMILES string of the molecule is CC1CCCC1(C#N)C(O)C(=O)O. The zero-order valence-corrected chi connectivity index (χ0v) is 7.53. The number of nitriles is 1. The van der Waals surface area contributed by atoms with E-state index in [4.69, 9.17) is 10.4 Å². The van der Waals surface area contributed by atoms with Gasteiger partial charge in [-0.25, -0.2) is 4.79 Å². The molecule has 0 aromatic carbocycles. The second-order valence-corrected chi connectivity index (χ2v) is 3.69. The molecule has 4 nitrogen and oxygen atoms in total. The van der Waals surface area contributed by atoms with Gasteiger partial charge in [0.25, 0.3) is 0 Å². The molecule has 0 bridgehead atoms. The van der Waals surface area contributed by atoms with E-state index in [0.29, 0.717) is 6.42 Å². The summed E-state index contributed by atoms with van der Waals surface area (Å²) in [5, 5.41) is 27.0. The minimum atomic E-state index is -1.55. The molecule has 0 aromatic heterocycles. The van der Waals surface area contributed by atoms with Crippen LogP contribution in [0.5, 0.6) is 0 Å². The van der Waals surface area contributed by atoms with Gasteiger partial charge in [-0.05, 0) is 18.8 Å². The van der Waals surface area contributed by atoms with E-state index < -0.39 is 17.5 Å². The normalized spacial score (nSPS) is 35.3. The Hall–Kier alpha value is -1.08. The average Bonchev–Trinajstić information content (AvgIpc) is 2.46. The molecular weight excluding hydrogens is 170 g/mol. The van der Waals surface area contributed by atoms with Gasteiger partial charge in [0.15, 0.2) is 6.10 Å². The van der Waals surface area contributed by atoms with Crippen molar-refractivity contribution in [2.24, 2.45) is 11.3 Å². The summed E-state index contributed by atoms with van der Waals surface area (Å²) in [6.07, 6.45) is 0.574. The van der Waals surface area contributed by atoms with Crippen molar-refractivity contribution in [3.05, 3.63) is 0 Å². The highest BCUT2D eigenvalue weighted by Gasteiger charge is 2.49. The lowest BCUT2D eigenvalue weighted by Gasteiger charge is -2.28. The van der Waals surface area contributed by atoms with Gasteiger partial charge in [0.1, 0.15) is 0 Å². The van der Waals surface area contributed by atoms with Crippen molar-refractivity contribution in [2.45, 2.75) is 32.3 Å². The van der Waals surface area contributed by atoms with Crippen LogP contribution in [0, 0.1) is 22.7 Å². The van der Waals surface area contributed by atoms with Crippen LogP contribution >= 0.6 is 0 Å². The lowest BCUT2D eigenvalue weighted by Crippen LogP contribution is -2.41. The minimum Gasteiger partial charge on any atom is -0.479 e. The number of carboxylic acids is 1. The van der Waals surface area contributed by atoms with Crippen LogP contribution in [0.25, 0.3) is 0 Å². The van der Waals surface area contributed by atoms with Gasteiger partial charge in [-0.3, -0.25) is 0 Å². The van der Waals surface area contributed by atoms with Gasteiger partial charge >= 0.3 is 5.97 Å². The zero-order chi connectivity index (χ0) is 10.1. The van der Waals surface area contributed by atoms with Crippen LogP contribution in [0.2, 0.25) is 0 Å². The summed E-state index contributed by atoms with van der Waals surface area (Å²) in [7, 11) is 0. The first-order chi connectivity index (χ1) is 6.04. The largest absolute Gasteiger partial charge is 0.479 e. The van der Waals surface area contributed by atoms with E-state index in [1.807, 2.05) is 13.0 Å². The molecule has 0 amide bonds. The maximum Gasteiger partial charge on any atom is 0.334 e. The first kappa shape index (κ1) is 10.0. The molecule has 1 fully saturated rings. The van der Waals surface area contributed by atoms with Crippen molar-refractivity contribution in [1.29, 1.82) is 5.26 Å². The van der Waals surface area contributed by atoms with E-state index in [2.05, 4.69) is 0 Å². The molecule has 1 rings (SSSR count). The fraction of sp³-hybridized carbons (Fsp3) is 0.778. The number of hydrogen-bond donors (Lipinski definition) is 2. The monoisotopic (exact) mass is 183 g/mol. The van der Waals surface area contributed by atoms with Crippen molar-refractivity contribution in [3.8, 4) is 6.07 Å². The van der Waals surface area contributed by atoms with E-state index >= 15 is 0 Å². The number of rotatable bonds is 2. The molecule has 72 valence electrons. The molecule has 1 aliphatic carbocycles. The average molecular weight is 183 g/mol.